The number of amides is 1. The molecular formula is C22H35N3O. The van der Waals surface area contributed by atoms with Gasteiger partial charge in [0.1, 0.15) is 11.5 Å². The second-order valence-electron chi connectivity index (χ2n) is 8.95. The SMILES string of the molecule is CC(C)c1cc(C(=O)NC2(C)CCCCCCC2)nc(C2CCCC2)n1. The highest BCUT2D eigenvalue weighted by Gasteiger charge is 2.29. The molecule has 0 aliphatic heterocycles. The van der Waals surface area contributed by atoms with Gasteiger partial charge in [0.15, 0.2) is 0 Å². The molecule has 0 radical (unpaired) electrons. The Hall–Kier alpha value is -1.45. The number of hydrogen-bond donors (Lipinski definition) is 1. The molecule has 0 spiro atoms. The second kappa shape index (κ2) is 8.49. The first-order valence-corrected chi connectivity index (χ1v) is 10.7. The van der Waals surface area contributed by atoms with E-state index in [1.165, 1.54) is 44.9 Å². The summed E-state index contributed by atoms with van der Waals surface area (Å²) in [6.07, 6.45) is 13.2. The number of hydrogen-bond acceptors (Lipinski definition) is 3. The molecule has 1 N–H and O–H groups in total. The van der Waals surface area contributed by atoms with Crippen LogP contribution in [0.15, 0.2) is 6.07 Å². The van der Waals surface area contributed by atoms with Gasteiger partial charge in [-0.25, -0.2) is 9.97 Å². The number of aromatic nitrogens is 2. The summed E-state index contributed by atoms with van der Waals surface area (Å²) >= 11 is 0. The van der Waals surface area contributed by atoms with Gasteiger partial charge in [0, 0.05) is 17.2 Å². The zero-order valence-electron chi connectivity index (χ0n) is 16.8. The molecule has 144 valence electrons. The first kappa shape index (κ1) is 19.3. The van der Waals surface area contributed by atoms with Crippen molar-refractivity contribution < 1.29 is 4.79 Å². The molecule has 4 nitrogen and oxygen atoms in total. The maximum absolute atomic E-state index is 13.1. The van der Waals surface area contributed by atoms with Crippen LogP contribution < -0.4 is 5.32 Å². The molecule has 4 heteroatoms. The first-order chi connectivity index (χ1) is 12.5. The third-order valence-corrected chi connectivity index (χ3v) is 6.18. The minimum atomic E-state index is -0.103. The van der Waals surface area contributed by atoms with Crippen molar-refractivity contribution in [2.75, 3.05) is 0 Å². The summed E-state index contributed by atoms with van der Waals surface area (Å²) in [5.74, 6) is 1.61. The molecule has 1 heterocycles. The third kappa shape index (κ3) is 4.83. The lowest BCUT2D eigenvalue weighted by Crippen LogP contribution is -2.46. The van der Waals surface area contributed by atoms with Crippen molar-refractivity contribution in [1.82, 2.24) is 15.3 Å². The molecule has 1 amide bonds. The molecule has 2 aliphatic rings. The molecule has 1 aromatic rings. The van der Waals surface area contributed by atoms with Crippen LogP contribution in [0.2, 0.25) is 0 Å². The highest BCUT2D eigenvalue weighted by atomic mass is 16.2. The van der Waals surface area contributed by atoms with E-state index in [0.29, 0.717) is 17.5 Å². The van der Waals surface area contributed by atoms with Crippen LogP contribution in [0.1, 0.15) is 125 Å². The minimum absolute atomic E-state index is 0.0170. The minimum Gasteiger partial charge on any atom is -0.346 e. The van der Waals surface area contributed by atoms with E-state index in [-0.39, 0.29) is 11.4 Å². The molecule has 2 fully saturated rings. The Morgan fingerprint density at radius 1 is 1.04 bits per heavy atom. The summed E-state index contributed by atoms with van der Waals surface area (Å²) in [7, 11) is 0. The number of carbonyl (C=O) groups excluding carboxylic acids is 1. The van der Waals surface area contributed by atoms with Crippen molar-refractivity contribution in [1.29, 1.82) is 0 Å². The van der Waals surface area contributed by atoms with Crippen LogP contribution in [0.4, 0.5) is 0 Å². The predicted molar refractivity (Wildman–Crippen MR) is 106 cm³/mol. The Labute approximate surface area is 158 Å². The van der Waals surface area contributed by atoms with E-state index in [1.807, 2.05) is 6.07 Å². The van der Waals surface area contributed by atoms with Gasteiger partial charge in [-0.05, 0) is 44.6 Å². The molecule has 2 aliphatic carbocycles. The molecule has 26 heavy (non-hydrogen) atoms. The van der Waals surface area contributed by atoms with Crippen molar-refractivity contribution in [3.8, 4) is 0 Å². The fourth-order valence-corrected chi connectivity index (χ4v) is 4.41. The number of nitrogens with one attached hydrogen (secondary N) is 1. The van der Waals surface area contributed by atoms with Gasteiger partial charge in [0.05, 0.1) is 0 Å². The van der Waals surface area contributed by atoms with Gasteiger partial charge in [0.2, 0.25) is 0 Å². The highest BCUT2D eigenvalue weighted by molar-refractivity contribution is 5.92. The van der Waals surface area contributed by atoms with Gasteiger partial charge in [-0.15, -0.1) is 0 Å². The average Bonchev–Trinajstić information content (AvgIpc) is 3.13. The Balaban J connectivity index is 1.80. The van der Waals surface area contributed by atoms with Crippen LogP contribution in [0.3, 0.4) is 0 Å². The van der Waals surface area contributed by atoms with E-state index in [9.17, 15) is 4.79 Å². The van der Waals surface area contributed by atoms with Crippen LogP contribution >= 0.6 is 0 Å². The van der Waals surface area contributed by atoms with Crippen LogP contribution in [0.5, 0.6) is 0 Å². The van der Waals surface area contributed by atoms with Crippen LogP contribution in [0.25, 0.3) is 0 Å². The van der Waals surface area contributed by atoms with Gasteiger partial charge in [-0.3, -0.25) is 4.79 Å². The summed E-state index contributed by atoms with van der Waals surface area (Å²) in [6.45, 7) is 6.48. The fraction of sp³-hybridized carbons (Fsp3) is 0.773. The molecule has 3 rings (SSSR count). The highest BCUT2D eigenvalue weighted by Crippen LogP contribution is 2.33. The standard InChI is InChI=1S/C22H35N3O/c1-16(2)18-15-19(24-20(23-18)17-11-7-8-12-17)21(26)25-22(3)13-9-5-4-6-10-14-22/h15-17H,4-14H2,1-3H3,(H,25,26). The Morgan fingerprint density at radius 2 is 1.65 bits per heavy atom. The number of rotatable bonds is 4. The summed E-state index contributed by atoms with van der Waals surface area (Å²) in [5.41, 5.74) is 1.46. The topological polar surface area (TPSA) is 54.9 Å². The van der Waals surface area contributed by atoms with E-state index in [4.69, 9.17) is 9.97 Å². The summed E-state index contributed by atoms with van der Waals surface area (Å²) in [4.78, 5) is 22.6. The largest absolute Gasteiger partial charge is 0.346 e. The molecule has 0 aromatic carbocycles. The van der Waals surface area contributed by atoms with Gasteiger partial charge < -0.3 is 5.32 Å². The van der Waals surface area contributed by atoms with Crippen molar-refractivity contribution >= 4 is 5.91 Å². The van der Waals surface area contributed by atoms with Gasteiger partial charge >= 0.3 is 0 Å². The Morgan fingerprint density at radius 3 is 2.27 bits per heavy atom. The van der Waals surface area contributed by atoms with Crippen LogP contribution in [-0.4, -0.2) is 21.4 Å². The quantitative estimate of drug-likeness (QED) is 0.775. The number of carbonyl (C=O) groups is 1. The summed E-state index contributed by atoms with van der Waals surface area (Å²) in [5, 5.41) is 3.33. The summed E-state index contributed by atoms with van der Waals surface area (Å²) < 4.78 is 0. The Bertz CT molecular complexity index is 612. The lowest BCUT2D eigenvalue weighted by molar-refractivity contribution is 0.0884. The average molecular weight is 358 g/mol. The van der Waals surface area contributed by atoms with Gasteiger partial charge in [-0.1, -0.05) is 58.8 Å². The summed E-state index contributed by atoms with van der Waals surface area (Å²) in [6, 6.07) is 1.91. The molecule has 0 bridgehead atoms. The van der Waals surface area contributed by atoms with Crippen LogP contribution in [0, 0.1) is 0 Å². The van der Waals surface area contributed by atoms with E-state index < -0.39 is 0 Å². The van der Waals surface area contributed by atoms with Crippen LogP contribution in [-0.2, 0) is 0 Å². The normalized spacial score (nSPS) is 21.4. The van der Waals surface area contributed by atoms with Crippen molar-refractivity contribution in [3.05, 3.63) is 23.3 Å². The molecular weight excluding hydrogens is 322 g/mol. The predicted octanol–water partition coefficient (Wildman–Crippen LogP) is 5.49. The van der Waals surface area contributed by atoms with Crippen molar-refractivity contribution in [2.45, 2.75) is 109 Å². The van der Waals surface area contributed by atoms with E-state index in [1.54, 1.807) is 0 Å². The van der Waals surface area contributed by atoms with E-state index in [0.717, 1.165) is 37.2 Å². The number of nitrogens with zero attached hydrogens (tertiary/aromatic N) is 2. The smallest absolute Gasteiger partial charge is 0.270 e. The van der Waals surface area contributed by atoms with E-state index in [2.05, 4.69) is 26.1 Å². The molecule has 0 saturated heterocycles. The molecule has 2 saturated carbocycles. The van der Waals surface area contributed by atoms with Gasteiger partial charge in [-0.2, -0.15) is 0 Å². The molecule has 0 atom stereocenters. The molecule has 1 aromatic heterocycles. The fourth-order valence-electron chi connectivity index (χ4n) is 4.41. The first-order valence-electron chi connectivity index (χ1n) is 10.7. The second-order valence-corrected chi connectivity index (χ2v) is 8.95. The van der Waals surface area contributed by atoms with Gasteiger partial charge in [0.25, 0.3) is 5.91 Å². The zero-order chi connectivity index (χ0) is 18.6. The third-order valence-electron chi connectivity index (χ3n) is 6.18. The zero-order valence-corrected chi connectivity index (χ0v) is 16.8. The molecule has 0 unspecified atom stereocenters. The monoisotopic (exact) mass is 357 g/mol. The lowest BCUT2D eigenvalue weighted by atomic mass is 9.85. The Kier molecular flexibility index (Phi) is 6.31. The van der Waals surface area contributed by atoms with E-state index >= 15 is 0 Å². The van der Waals surface area contributed by atoms with Crippen molar-refractivity contribution in [2.24, 2.45) is 0 Å². The lowest BCUT2D eigenvalue weighted by Gasteiger charge is -2.32. The maximum Gasteiger partial charge on any atom is 0.270 e. The van der Waals surface area contributed by atoms with Crippen molar-refractivity contribution in [3.63, 3.8) is 0 Å². The maximum atomic E-state index is 13.1.